The minimum absolute atomic E-state index is 0.114. The van der Waals surface area contributed by atoms with Crippen LogP contribution in [-0.2, 0) is 11.8 Å². The maximum absolute atomic E-state index is 10.8. The van der Waals surface area contributed by atoms with E-state index in [2.05, 4.69) is 0 Å². The summed E-state index contributed by atoms with van der Waals surface area (Å²) < 4.78 is 17.1. The highest BCUT2D eigenvalue weighted by Crippen LogP contribution is 2.50. The first-order valence-corrected chi connectivity index (χ1v) is 11.1. The van der Waals surface area contributed by atoms with E-state index in [0.717, 1.165) is 0 Å². The second kappa shape index (κ2) is 9.37. The fraction of sp³-hybridized carbons (Fsp3) is 0. The molecule has 0 heterocycles. The minimum Gasteiger partial charge on any atom is -0.407 e. The number of nitro benzene ring substituents is 3. The molecular weight excluding hydrogens is 465 g/mol. The quantitative estimate of drug-likeness (QED) is 0.229. The molecule has 0 saturated carbocycles. The van der Waals surface area contributed by atoms with Crippen LogP contribution >= 0.6 is 6.72 Å². The van der Waals surface area contributed by atoms with Crippen molar-refractivity contribution < 1.29 is 28.3 Å². The van der Waals surface area contributed by atoms with E-state index in [4.69, 9.17) is 25.4 Å². The number of hydrogen-bond acceptors (Lipinski definition) is 10. The summed E-state index contributed by atoms with van der Waals surface area (Å²) in [6, 6.07) is 15.0. The molecule has 0 bridgehead atoms. The summed E-state index contributed by atoms with van der Waals surface area (Å²) in [6.07, 6.45) is 0. The lowest BCUT2D eigenvalue weighted by Gasteiger charge is -2.23. The summed E-state index contributed by atoms with van der Waals surface area (Å²) in [6.45, 7) is -3.68. The van der Waals surface area contributed by atoms with Crippen molar-refractivity contribution in [2.24, 2.45) is 0 Å². The number of nitrogens with zero attached hydrogens (tertiary/aromatic N) is 3. The molecule has 3 aromatic rings. The van der Waals surface area contributed by atoms with Gasteiger partial charge in [-0.15, -0.1) is 0 Å². The van der Waals surface area contributed by atoms with E-state index < -0.39 is 21.5 Å². The Morgan fingerprint density at radius 1 is 0.531 bits per heavy atom. The Hall–Kier alpha value is -4.09. The third kappa shape index (κ3) is 5.74. The van der Waals surface area contributed by atoms with Crippen molar-refractivity contribution in [2.45, 2.75) is 0 Å². The van der Waals surface area contributed by atoms with Crippen molar-refractivity contribution in [3.05, 3.63) is 103 Å². The van der Waals surface area contributed by atoms with Crippen LogP contribution in [0.25, 0.3) is 0 Å². The Kier molecular flexibility index (Phi) is 6.61. The molecule has 0 radical (unpaired) electrons. The summed E-state index contributed by atoms with van der Waals surface area (Å²) in [5.74, 6) is 0.341. The SMILES string of the molecule is O=[N+]([O-])c1ccc(OP(=S)(Oc2ccc([N+](=O)[O-])cc2)Oc2ccc([N+](=O)[O-])cc2)cc1. The fourth-order valence-corrected chi connectivity index (χ4v) is 4.36. The van der Waals surface area contributed by atoms with Crippen molar-refractivity contribution in [1.82, 2.24) is 0 Å². The Morgan fingerprint density at radius 3 is 0.938 bits per heavy atom. The highest BCUT2D eigenvalue weighted by atomic mass is 32.5. The molecule has 0 aliphatic rings. The lowest BCUT2D eigenvalue weighted by atomic mass is 10.3. The first-order valence-electron chi connectivity index (χ1n) is 8.57. The van der Waals surface area contributed by atoms with Crippen molar-refractivity contribution in [2.75, 3.05) is 0 Å². The summed E-state index contributed by atoms with van der Waals surface area (Å²) in [5.41, 5.74) is -0.505. The lowest BCUT2D eigenvalue weighted by molar-refractivity contribution is -0.385. The van der Waals surface area contributed by atoms with Gasteiger partial charge in [0.2, 0.25) is 0 Å². The smallest absolute Gasteiger partial charge is 0.407 e. The predicted octanol–water partition coefficient (Wildman–Crippen LogP) is 5.17. The third-order valence-corrected chi connectivity index (χ3v) is 5.77. The molecule has 12 nitrogen and oxygen atoms in total. The van der Waals surface area contributed by atoms with Gasteiger partial charge in [-0.05, 0) is 36.4 Å². The van der Waals surface area contributed by atoms with Gasteiger partial charge in [-0.3, -0.25) is 30.3 Å². The van der Waals surface area contributed by atoms with Gasteiger partial charge in [-0.2, -0.15) is 0 Å². The van der Waals surface area contributed by atoms with Crippen LogP contribution in [0.2, 0.25) is 0 Å². The molecule has 3 rings (SSSR count). The van der Waals surface area contributed by atoms with Crippen molar-refractivity contribution in [3.63, 3.8) is 0 Å². The van der Waals surface area contributed by atoms with E-state index in [1.807, 2.05) is 0 Å². The standard InChI is InChI=1S/C18H12N3O9PS/c22-19(23)13-1-7-16(8-2-13)28-31(32,29-17-9-3-14(4-10-17)20(24)25)30-18-11-5-15(6-12-18)21(26)27/h1-12H. The van der Waals surface area contributed by atoms with Gasteiger partial charge in [-0.25, -0.2) is 0 Å². The number of non-ortho nitro benzene ring substituents is 3. The van der Waals surface area contributed by atoms with E-state index in [0.29, 0.717) is 0 Å². The zero-order valence-electron chi connectivity index (χ0n) is 15.8. The van der Waals surface area contributed by atoms with Crippen molar-refractivity contribution in [1.29, 1.82) is 0 Å². The monoisotopic (exact) mass is 477 g/mol. The highest BCUT2D eigenvalue weighted by molar-refractivity contribution is 8.08. The Bertz CT molecular complexity index is 1050. The summed E-state index contributed by atoms with van der Waals surface area (Å²) in [5, 5.41) is 32.5. The molecule has 0 unspecified atom stereocenters. The molecule has 0 saturated heterocycles. The van der Waals surface area contributed by atoms with Gasteiger partial charge < -0.3 is 13.6 Å². The molecule has 0 fully saturated rings. The van der Waals surface area contributed by atoms with Crippen LogP contribution in [0.15, 0.2) is 72.8 Å². The Labute approximate surface area is 184 Å². The van der Waals surface area contributed by atoms with Gasteiger partial charge in [-0.1, -0.05) is 0 Å². The number of nitro groups is 3. The molecule has 14 heteroatoms. The van der Waals surface area contributed by atoms with Crippen LogP contribution in [-0.4, -0.2) is 14.8 Å². The van der Waals surface area contributed by atoms with Crippen LogP contribution in [0, 0.1) is 30.3 Å². The molecule has 0 aliphatic heterocycles. The highest BCUT2D eigenvalue weighted by Gasteiger charge is 2.28. The van der Waals surface area contributed by atoms with E-state index in [9.17, 15) is 30.3 Å². The average Bonchev–Trinajstić information content (AvgIpc) is 2.74. The van der Waals surface area contributed by atoms with E-state index in [-0.39, 0.29) is 34.3 Å². The minimum atomic E-state index is -3.68. The van der Waals surface area contributed by atoms with Crippen LogP contribution in [0.1, 0.15) is 0 Å². The van der Waals surface area contributed by atoms with E-state index >= 15 is 0 Å². The first kappa shape index (κ1) is 22.6. The summed E-state index contributed by atoms with van der Waals surface area (Å²) >= 11 is 5.44. The van der Waals surface area contributed by atoms with E-state index in [1.165, 1.54) is 72.8 Å². The van der Waals surface area contributed by atoms with Crippen molar-refractivity contribution in [3.8, 4) is 17.2 Å². The van der Waals surface area contributed by atoms with Gasteiger partial charge in [0.25, 0.3) is 17.1 Å². The zero-order valence-corrected chi connectivity index (χ0v) is 17.5. The predicted molar refractivity (Wildman–Crippen MR) is 115 cm³/mol. The average molecular weight is 477 g/mol. The maximum atomic E-state index is 10.8. The maximum Gasteiger partial charge on any atom is 0.490 e. The molecule has 0 atom stereocenters. The Morgan fingerprint density at radius 2 is 0.750 bits per heavy atom. The molecular formula is C18H12N3O9PS. The molecule has 164 valence electrons. The molecule has 0 spiro atoms. The normalized spacial score (nSPS) is 10.8. The Balaban J connectivity index is 1.89. The largest absolute Gasteiger partial charge is 0.490 e. The van der Waals surface area contributed by atoms with E-state index in [1.54, 1.807) is 0 Å². The zero-order chi connectivity index (χ0) is 23.3. The van der Waals surface area contributed by atoms with Crippen LogP contribution in [0.5, 0.6) is 17.2 Å². The van der Waals surface area contributed by atoms with Gasteiger partial charge in [0.05, 0.1) is 14.8 Å². The topological polar surface area (TPSA) is 157 Å². The molecule has 0 aromatic heterocycles. The first-order chi connectivity index (χ1) is 15.1. The number of benzene rings is 3. The summed E-state index contributed by atoms with van der Waals surface area (Å²) in [4.78, 5) is 30.8. The number of rotatable bonds is 9. The van der Waals surface area contributed by atoms with Gasteiger partial charge in [0, 0.05) is 48.2 Å². The fourth-order valence-electron chi connectivity index (χ4n) is 2.33. The van der Waals surface area contributed by atoms with Crippen LogP contribution < -0.4 is 13.6 Å². The third-order valence-electron chi connectivity index (χ3n) is 3.79. The van der Waals surface area contributed by atoms with Crippen LogP contribution in [0.3, 0.4) is 0 Å². The second-order valence-electron chi connectivity index (χ2n) is 5.97. The molecule has 3 aromatic carbocycles. The lowest BCUT2D eigenvalue weighted by Crippen LogP contribution is -2.07. The van der Waals surface area contributed by atoms with Crippen molar-refractivity contribution >= 4 is 35.6 Å². The molecule has 0 N–H and O–H groups in total. The van der Waals surface area contributed by atoms with Gasteiger partial charge >= 0.3 is 6.72 Å². The summed E-state index contributed by atoms with van der Waals surface area (Å²) in [7, 11) is 0. The van der Waals surface area contributed by atoms with Gasteiger partial charge in [0.1, 0.15) is 17.2 Å². The molecule has 0 aliphatic carbocycles. The van der Waals surface area contributed by atoms with Crippen LogP contribution in [0.4, 0.5) is 17.1 Å². The van der Waals surface area contributed by atoms with Gasteiger partial charge in [0.15, 0.2) is 0 Å². The second-order valence-corrected chi connectivity index (χ2v) is 8.76. The molecule has 0 amide bonds. The molecule has 32 heavy (non-hydrogen) atoms. The number of hydrogen-bond donors (Lipinski definition) is 0.